The Bertz CT molecular complexity index is 1220. The first kappa shape index (κ1) is 23.3. The quantitative estimate of drug-likeness (QED) is 0.396. The van der Waals surface area contributed by atoms with Crippen molar-refractivity contribution >= 4 is 40.6 Å². The molecule has 5 nitrogen and oxygen atoms in total. The smallest absolute Gasteiger partial charge is 0.324 e. The minimum Gasteiger partial charge on any atom is -0.324 e. The lowest BCUT2D eigenvalue weighted by Crippen LogP contribution is -2.27. The molecule has 1 aliphatic carbocycles. The Hall–Kier alpha value is -2.84. The summed E-state index contributed by atoms with van der Waals surface area (Å²) in [5.74, 6) is -1.18. The molecule has 33 heavy (non-hydrogen) atoms. The number of rotatable bonds is 6. The molecule has 0 saturated heterocycles. The minimum absolute atomic E-state index is 0.158. The molecule has 1 aromatic heterocycles. The fraction of sp³-hybridized carbons (Fsp3) is 0.261. The zero-order valence-electron chi connectivity index (χ0n) is 17.3. The third kappa shape index (κ3) is 4.77. The van der Waals surface area contributed by atoms with Gasteiger partial charge in [0.05, 0.1) is 16.4 Å². The van der Waals surface area contributed by atoms with Gasteiger partial charge in [-0.05, 0) is 38.0 Å². The van der Waals surface area contributed by atoms with E-state index in [0.717, 1.165) is 4.68 Å². The fourth-order valence-corrected chi connectivity index (χ4v) is 4.09. The Morgan fingerprint density at radius 1 is 1.12 bits per heavy atom. The molecule has 1 aliphatic rings. The van der Waals surface area contributed by atoms with E-state index in [-0.39, 0.29) is 28.6 Å². The number of alkyl halides is 3. The van der Waals surface area contributed by atoms with Crippen molar-refractivity contribution in [1.29, 1.82) is 0 Å². The predicted octanol–water partition coefficient (Wildman–Crippen LogP) is 6.52. The number of carbonyl (C=O) groups excluding carboxylic acids is 2. The summed E-state index contributed by atoms with van der Waals surface area (Å²) < 4.78 is 41.1. The molecule has 1 N–H and O–H groups in total. The third-order valence-electron chi connectivity index (χ3n) is 5.39. The lowest BCUT2D eigenvalue weighted by molar-refractivity contribution is -0.141. The number of nitrogens with zero attached hydrogens (tertiary/aromatic N) is 2. The normalized spacial score (nSPS) is 14.7. The van der Waals surface area contributed by atoms with Crippen molar-refractivity contribution in [3.8, 4) is 0 Å². The van der Waals surface area contributed by atoms with E-state index < -0.39 is 28.8 Å². The van der Waals surface area contributed by atoms with Crippen LogP contribution in [0.3, 0.4) is 0 Å². The van der Waals surface area contributed by atoms with Crippen LogP contribution in [0.4, 0.5) is 18.9 Å². The van der Waals surface area contributed by atoms with E-state index in [1.165, 1.54) is 25.1 Å². The average Bonchev–Trinajstić information content (AvgIpc) is 3.55. The van der Waals surface area contributed by atoms with Gasteiger partial charge in [-0.2, -0.15) is 18.3 Å². The second-order valence-electron chi connectivity index (χ2n) is 7.81. The molecular weight excluding hydrogens is 478 g/mol. The highest BCUT2D eigenvalue weighted by Gasteiger charge is 2.43. The van der Waals surface area contributed by atoms with Crippen molar-refractivity contribution in [2.75, 3.05) is 5.32 Å². The molecule has 1 fully saturated rings. The molecule has 1 saturated carbocycles. The van der Waals surface area contributed by atoms with Gasteiger partial charge >= 0.3 is 6.18 Å². The highest BCUT2D eigenvalue weighted by Crippen LogP contribution is 2.47. The van der Waals surface area contributed by atoms with Gasteiger partial charge in [-0.15, -0.1) is 0 Å². The van der Waals surface area contributed by atoms with Crippen LogP contribution in [0, 0.1) is 0 Å². The maximum Gasteiger partial charge on any atom is 0.436 e. The van der Waals surface area contributed by atoms with Crippen molar-refractivity contribution in [3.63, 3.8) is 0 Å². The summed E-state index contributed by atoms with van der Waals surface area (Å²) in [4.78, 5) is 26.0. The number of anilines is 1. The second-order valence-corrected chi connectivity index (χ2v) is 8.63. The van der Waals surface area contributed by atoms with Crippen molar-refractivity contribution in [2.24, 2.45) is 0 Å². The SMILES string of the molecule is CC(C(=O)Nc1ccc(Cl)cc1C(=O)c1ccccc1)n1nc(C(F)(F)F)c(Cl)c1C1CC1. The van der Waals surface area contributed by atoms with Crippen LogP contribution in [0.5, 0.6) is 0 Å². The Morgan fingerprint density at radius 3 is 2.39 bits per heavy atom. The lowest BCUT2D eigenvalue weighted by Gasteiger charge is -2.17. The largest absolute Gasteiger partial charge is 0.436 e. The number of halogens is 5. The van der Waals surface area contributed by atoms with Crippen LogP contribution >= 0.6 is 23.2 Å². The molecule has 0 aliphatic heterocycles. The van der Waals surface area contributed by atoms with Crippen molar-refractivity contribution in [3.05, 3.63) is 81.1 Å². The standard InChI is InChI=1S/C23H18Cl2F3N3O2/c1-12(31-19(13-7-8-13)18(25)21(30-31)23(26,27)28)22(33)29-17-10-9-15(24)11-16(17)20(32)14-5-3-2-4-6-14/h2-6,9-13H,7-8H2,1H3,(H,29,33). The van der Waals surface area contributed by atoms with Crippen molar-refractivity contribution < 1.29 is 22.8 Å². The van der Waals surface area contributed by atoms with Gasteiger partial charge in [0, 0.05) is 22.1 Å². The number of amides is 1. The molecule has 172 valence electrons. The van der Waals surface area contributed by atoms with Gasteiger partial charge in [-0.3, -0.25) is 14.3 Å². The summed E-state index contributed by atoms with van der Waals surface area (Å²) in [6, 6.07) is 11.7. The summed E-state index contributed by atoms with van der Waals surface area (Å²) in [6.07, 6.45) is -3.40. The molecule has 0 radical (unpaired) electrons. The summed E-state index contributed by atoms with van der Waals surface area (Å²) in [7, 11) is 0. The Morgan fingerprint density at radius 2 is 1.79 bits per heavy atom. The van der Waals surface area contributed by atoms with Crippen LogP contribution in [0.1, 0.15) is 59.0 Å². The summed E-state index contributed by atoms with van der Waals surface area (Å²) in [5, 5.41) is 6.09. The third-order valence-corrected chi connectivity index (χ3v) is 5.99. The Balaban J connectivity index is 1.66. The van der Waals surface area contributed by atoms with Gasteiger partial charge in [0.1, 0.15) is 6.04 Å². The van der Waals surface area contributed by atoms with Crippen molar-refractivity contribution in [2.45, 2.75) is 37.9 Å². The number of hydrogen-bond acceptors (Lipinski definition) is 3. The molecule has 10 heteroatoms. The van der Waals surface area contributed by atoms with Crippen LogP contribution in [-0.4, -0.2) is 21.5 Å². The average molecular weight is 496 g/mol. The van der Waals surface area contributed by atoms with Gasteiger partial charge in [0.15, 0.2) is 11.5 Å². The van der Waals surface area contributed by atoms with Gasteiger partial charge in [-0.1, -0.05) is 53.5 Å². The van der Waals surface area contributed by atoms with E-state index in [1.807, 2.05) is 0 Å². The number of hydrogen-bond donors (Lipinski definition) is 1. The zero-order chi connectivity index (χ0) is 23.9. The molecule has 1 amide bonds. The molecule has 1 unspecified atom stereocenters. The van der Waals surface area contributed by atoms with Gasteiger partial charge < -0.3 is 5.32 Å². The van der Waals surface area contributed by atoms with Crippen molar-refractivity contribution in [1.82, 2.24) is 9.78 Å². The maximum atomic E-state index is 13.4. The van der Waals surface area contributed by atoms with Crippen LogP contribution in [-0.2, 0) is 11.0 Å². The first-order valence-corrected chi connectivity index (χ1v) is 10.9. The van der Waals surface area contributed by atoms with E-state index in [1.54, 1.807) is 30.3 Å². The molecule has 1 heterocycles. The maximum absolute atomic E-state index is 13.4. The lowest BCUT2D eigenvalue weighted by atomic mass is 10.0. The van der Waals surface area contributed by atoms with E-state index in [4.69, 9.17) is 23.2 Å². The van der Waals surface area contributed by atoms with Crippen LogP contribution in [0.15, 0.2) is 48.5 Å². The van der Waals surface area contributed by atoms with E-state index >= 15 is 0 Å². The van der Waals surface area contributed by atoms with Crippen LogP contribution in [0.2, 0.25) is 10.0 Å². The zero-order valence-corrected chi connectivity index (χ0v) is 18.8. The molecule has 0 spiro atoms. The number of aromatic nitrogens is 2. The van der Waals surface area contributed by atoms with E-state index in [9.17, 15) is 22.8 Å². The summed E-state index contributed by atoms with van der Waals surface area (Å²) in [5.41, 5.74) is -0.271. The highest BCUT2D eigenvalue weighted by molar-refractivity contribution is 6.32. The highest BCUT2D eigenvalue weighted by atomic mass is 35.5. The number of nitrogens with one attached hydrogen (secondary N) is 1. The number of benzene rings is 2. The van der Waals surface area contributed by atoms with Gasteiger partial charge in [0.2, 0.25) is 5.91 Å². The first-order valence-electron chi connectivity index (χ1n) is 10.1. The monoisotopic (exact) mass is 495 g/mol. The summed E-state index contributed by atoms with van der Waals surface area (Å²) in [6.45, 7) is 1.43. The van der Waals surface area contributed by atoms with Crippen LogP contribution < -0.4 is 5.32 Å². The first-order chi connectivity index (χ1) is 15.6. The minimum atomic E-state index is -4.74. The molecule has 4 rings (SSSR count). The van der Waals surface area contributed by atoms with E-state index in [2.05, 4.69) is 10.4 Å². The van der Waals surface area contributed by atoms with Crippen LogP contribution in [0.25, 0.3) is 0 Å². The van der Waals surface area contributed by atoms with E-state index in [0.29, 0.717) is 23.4 Å². The second kappa shape index (κ2) is 8.83. The molecule has 3 aromatic rings. The molecule has 2 aromatic carbocycles. The fourth-order valence-electron chi connectivity index (χ4n) is 3.53. The Kier molecular flexibility index (Phi) is 6.24. The van der Waals surface area contributed by atoms with Gasteiger partial charge in [0.25, 0.3) is 0 Å². The Labute approximate surface area is 197 Å². The number of carbonyl (C=O) groups is 2. The molecule has 0 bridgehead atoms. The summed E-state index contributed by atoms with van der Waals surface area (Å²) >= 11 is 12.1. The predicted molar refractivity (Wildman–Crippen MR) is 119 cm³/mol. The topological polar surface area (TPSA) is 64.0 Å². The molecule has 1 atom stereocenters. The number of ketones is 1. The van der Waals surface area contributed by atoms with Gasteiger partial charge in [-0.25, -0.2) is 0 Å². The molecular formula is C23H18Cl2F3N3O2.